The molecule has 106 valence electrons. The number of hydrogen-bond donors (Lipinski definition) is 1. The molecule has 0 aromatic heterocycles. The van der Waals surface area contributed by atoms with Crippen LogP contribution in [-0.4, -0.2) is 24.9 Å². The van der Waals surface area contributed by atoms with E-state index in [4.69, 9.17) is 4.74 Å². The van der Waals surface area contributed by atoms with E-state index in [0.717, 1.165) is 17.0 Å². The van der Waals surface area contributed by atoms with Gasteiger partial charge >= 0.3 is 6.18 Å². The normalized spacial score (nSPS) is 32.3. The minimum atomic E-state index is -4.38. The van der Waals surface area contributed by atoms with Crippen LogP contribution in [0.4, 0.5) is 13.2 Å². The van der Waals surface area contributed by atoms with E-state index in [-0.39, 0.29) is 13.2 Å². The Morgan fingerprint density at radius 2 is 2.00 bits per heavy atom. The first-order chi connectivity index (χ1) is 8.66. The zero-order valence-corrected chi connectivity index (χ0v) is 12.2. The van der Waals surface area contributed by atoms with Gasteiger partial charge in [0, 0.05) is 11.0 Å². The molecule has 1 aromatic rings. The summed E-state index contributed by atoms with van der Waals surface area (Å²) >= 11 is 3.36. The monoisotopic (exact) mass is 337 g/mol. The Bertz CT molecular complexity index is 467. The molecule has 1 fully saturated rings. The van der Waals surface area contributed by atoms with Gasteiger partial charge in [0.25, 0.3) is 0 Å². The average Bonchev–Trinajstić information content (AvgIpc) is 2.32. The minimum Gasteiger partial charge on any atom is -0.362 e. The Morgan fingerprint density at radius 1 is 1.32 bits per heavy atom. The van der Waals surface area contributed by atoms with Crippen LogP contribution in [0.5, 0.6) is 0 Å². The molecule has 1 aliphatic rings. The van der Waals surface area contributed by atoms with E-state index in [0.29, 0.717) is 0 Å². The molecule has 0 unspecified atom stereocenters. The first kappa shape index (κ1) is 14.8. The predicted molar refractivity (Wildman–Crippen MR) is 69.9 cm³/mol. The number of hydrogen-bond acceptors (Lipinski definition) is 2. The lowest BCUT2D eigenvalue weighted by Gasteiger charge is -2.45. The van der Waals surface area contributed by atoms with Gasteiger partial charge in [0.15, 0.2) is 5.60 Å². The summed E-state index contributed by atoms with van der Waals surface area (Å²) < 4.78 is 44.6. The summed E-state index contributed by atoms with van der Waals surface area (Å²) in [5, 5.41) is 2.97. The molecule has 1 aromatic carbocycles. The van der Waals surface area contributed by atoms with Crippen LogP contribution in [0.3, 0.4) is 0 Å². The second kappa shape index (κ2) is 4.75. The van der Waals surface area contributed by atoms with Crippen molar-refractivity contribution in [1.82, 2.24) is 5.32 Å². The first-order valence-corrected chi connectivity index (χ1v) is 6.67. The van der Waals surface area contributed by atoms with E-state index in [2.05, 4.69) is 21.2 Å². The van der Waals surface area contributed by atoms with Gasteiger partial charge in [-0.2, -0.15) is 13.2 Å². The summed E-state index contributed by atoms with van der Waals surface area (Å²) in [7, 11) is 0. The summed E-state index contributed by atoms with van der Waals surface area (Å²) in [5.74, 6) is 0. The highest BCUT2D eigenvalue weighted by molar-refractivity contribution is 9.10. The predicted octanol–water partition coefficient (Wildman–Crippen LogP) is 3.61. The van der Waals surface area contributed by atoms with Crippen molar-refractivity contribution in [1.29, 1.82) is 0 Å². The molecule has 2 atom stereocenters. The molecule has 2 nitrogen and oxygen atoms in total. The molecule has 2 rings (SSSR count). The van der Waals surface area contributed by atoms with E-state index in [1.807, 2.05) is 31.2 Å². The molecule has 1 aliphatic heterocycles. The van der Waals surface area contributed by atoms with Gasteiger partial charge in [0.05, 0.1) is 12.1 Å². The van der Waals surface area contributed by atoms with Crippen molar-refractivity contribution in [2.45, 2.75) is 31.2 Å². The lowest BCUT2D eigenvalue weighted by molar-refractivity contribution is -0.286. The maximum atomic E-state index is 12.9. The fourth-order valence-corrected chi connectivity index (χ4v) is 2.37. The summed E-state index contributed by atoms with van der Waals surface area (Å²) in [6, 6.07) is 7.48. The molecule has 6 heteroatoms. The Morgan fingerprint density at radius 3 is 2.47 bits per heavy atom. The van der Waals surface area contributed by atoms with Gasteiger partial charge in [-0.15, -0.1) is 0 Å². The Kier molecular flexibility index (Phi) is 3.70. The van der Waals surface area contributed by atoms with Crippen LogP contribution in [0.15, 0.2) is 28.7 Å². The largest absolute Gasteiger partial charge is 0.418 e. The Hall–Kier alpha value is -0.590. The van der Waals surface area contributed by atoms with Crippen molar-refractivity contribution in [3.05, 3.63) is 34.3 Å². The second-order valence-corrected chi connectivity index (χ2v) is 6.13. The second-order valence-electron chi connectivity index (χ2n) is 5.21. The molecule has 1 N–H and O–H groups in total. The Labute approximate surface area is 118 Å². The fraction of sp³-hybridized carbons (Fsp3) is 0.538. The maximum absolute atomic E-state index is 12.9. The van der Waals surface area contributed by atoms with Crippen LogP contribution >= 0.6 is 15.9 Å². The van der Waals surface area contributed by atoms with Crippen molar-refractivity contribution < 1.29 is 17.9 Å². The van der Waals surface area contributed by atoms with Gasteiger partial charge in [-0.1, -0.05) is 28.1 Å². The lowest BCUT2D eigenvalue weighted by Crippen LogP contribution is -2.63. The molecular formula is C13H15BrF3NO. The van der Waals surface area contributed by atoms with Gasteiger partial charge in [0.2, 0.25) is 0 Å². The number of nitrogens with one attached hydrogen (secondary N) is 1. The number of rotatable bonds is 1. The number of morpholine rings is 1. The number of halogens is 4. The van der Waals surface area contributed by atoms with E-state index >= 15 is 0 Å². The topological polar surface area (TPSA) is 21.3 Å². The van der Waals surface area contributed by atoms with Gasteiger partial charge < -0.3 is 10.1 Å². The van der Waals surface area contributed by atoms with E-state index in [9.17, 15) is 13.2 Å². The molecule has 1 heterocycles. The zero-order chi connectivity index (χ0) is 14.3. The van der Waals surface area contributed by atoms with E-state index in [1.165, 1.54) is 0 Å². The third-order valence-corrected chi connectivity index (χ3v) is 4.05. The minimum absolute atomic E-state index is 0.0283. The van der Waals surface area contributed by atoms with Crippen LogP contribution in [0.1, 0.15) is 19.4 Å². The molecular weight excluding hydrogens is 323 g/mol. The quantitative estimate of drug-likeness (QED) is 0.845. The van der Waals surface area contributed by atoms with Crippen molar-refractivity contribution in [3.63, 3.8) is 0 Å². The van der Waals surface area contributed by atoms with Gasteiger partial charge in [-0.05, 0) is 31.5 Å². The molecule has 0 aliphatic carbocycles. The molecule has 19 heavy (non-hydrogen) atoms. The number of benzene rings is 1. The van der Waals surface area contributed by atoms with Crippen molar-refractivity contribution >= 4 is 15.9 Å². The van der Waals surface area contributed by atoms with Gasteiger partial charge in [0.1, 0.15) is 0 Å². The van der Waals surface area contributed by atoms with E-state index < -0.39 is 17.3 Å². The van der Waals surface area contributed by atoms with Crippen molar-refractivity contribution in [2.75, 3.05) is 13.2 Å². The smallest absolute Gasteiger partial charge is 0.362 e. The zero-order valence-electron chi connectivity index (χ0n) is 10.6. The first-order valence-electron chi connectivity index (χ1n) is 5.88. The number of alkyl halides is 3. The molecule has 0 amide bonds. The molecule has 0 bridgehead atoms. The summed E-state index contributed by atoms with van der Waals surface area (Å²) in [4.78, 5) is 0. The lowest BCUT2D eigenvalue weighted by atomic mass is 9.89. The van der Waals surface area contributed by atoms with Crippen LogP contribution in [0, 0.1) is 0 Å². The summed E-state index contributed by atoms with van der Waals surface area (Å²) in [6.07, 6.45) is -4.38. The molecule has 0 spiro atoms. The summed E-state index contributed by atoms with van der Waals surface area (Å²) in [5.41, 5.74) is -1.85. The highest BCUT2D eigenvalue weighted by Crippen LogP contribution is 2.38. The third kappa shape index (κ3) is 2.80. The van der Waals surface area contributed by atoms with Crippen molar-refractivity contribution in [2.24, 2.45) is 0 Å². The third-order valence-electron chi connectivity index (χ3n) is 3.56. The van der Waals surface area contributed by atoms with Crippen LogP contribution in [0.2, 0.25) is 0 Å². The SMILES string of the molecule is C[C@@]1(c2cccc(Br)c2)CO[C@](C)(C(F)(F)F)CN1. The van der Waals surface area contributed by atoms with Crippen LogP contribution < -0.4 is 5.32 Å². The van der Waals surface area contributed by atoms with Gasteiger partial charge in [-0.25, -0.2) is 0 Å². The standard InChI is InChI=1S/C13H15BrF3NO/c1-11(9-4-3-5-10(14)6-9)8-19-12(2,7-18-11)13(15,16)17/h3-6,18H,7-8H2,1-2H3/t11-,12-/m0/s1. The maximum Gasteiger partial charge on any atom is 0.418 e. The average molecular weight is 338 g/mol. The van der Waals surface area contributed by atoms with Crippen LogP contribution in [-0.2, 0) is 10.3 Å². The Balaban J connectivity index is 2.19. The molecule has 0 saturated carbocycles. The number of ether oxygens (including phenoxy) is 1. The highest BCUT2D eigenvalue weighted by Gasteiger charge is 2.55. The summed E-state index contributed by atoms with van der Waals surface area (Å²) in [6.45, 7) is 2.62. The van der Waals surface area contributed by atoms with E-state index in [1.54, 1.807) is 0 Å². The fourth-order valence-electron chi connectivity index (χ4n) is 1.97. The van der Waals surface area contributed by atoms with Gasteiger partial charge in [-0.3, -0.25) is 0 Å². The molecule has 1 saturated heterocycles. The highest BCUT2D eigenvalue weighted by atomic mass is 79.9. The molecule has 0 radical (unpaired) electrons. The van der Waals surface area contributed by atoms with Crippen LogP contribution in [0.25, 0.3) is 0 Å². The van der Waals surface area contributed by atoms with Crippen molar-refractivity contribution in [3.8, 4) is 0 Å².